The third-order valence-electron chi connectivity index (χ3n) is 10.3. The fraction of sp³-hybridized carbons (Fsp3) is 0.0667. The molecule has 222 valence electrons. The standard InChI is InChI=1S/C45H34BN/c1-45(2)41-19-11-9-17-37(41)38-27-26-35(30-42(38)45)46(33-13-5-3-6-14-33)34-24-21-31(22-25-34)32-23-28-44-40(29-32)39-18-10-12-20-43(39)47(44)36-15-7-4-8-16-36/h3-30H,1-2H3. The minimum atomic E-state index is -0.0324. The van der Waals surface area contributed by atoms with Crippen LogP contribution in [0.2, 0.25) is 0 Å². The first kappa shape index (κ1) is 27.7. The normalized spacial score (nSPS) is 13.1. The molecule has 0 unspecified atom stereocenters. The first-order valence-electron chi connectivity index (χ1n) is 16.6. The third kappa shape index (κ3) is 4.40. The number of aromatic nitrogens is 1. The minimum Gasteiger partial charge on any atom is -0.309 e. The van der Waals surface area contributed by atoms with Gasteiger partial charge in [-0.2, -0.15) is 0 Å². The highest BCUT2D eigenvalue weighted by Crippen LogP contribution is 2.48. The van der Waals surface area contributed by atoms with E-state index in [1.165, 1.54) is 77.3 Å². The molecule has 7 aromatic carbocycles. The van der Waals surface area contributed by atoms with E-state index in [1.54, 1.807) is 0 Å². The summed E-state index contributed by atoms with van der Waals surface area (Å²) in [5, 5.41) is 2.55. The Hall–Kier alpha value is -5.60. The molecule has 0 N–H and O–H groups in total. The number of rotatable bonds is 5. The van der Waals surface area contributed by atoms with Gasteiger partial charge in [-0.15, -0.1) is 0 Å². The van der Waals surface area contributed by atoms with Crippen LogP contribution in [-0.4, -0.2) is 11.3 Å². The summed E-state index contributed by atoms with van der Waals surface area (Å²) in [5.74, 6) is 0. The van der Waals surface area contributed by atoms with Crippen molar-refractivity contribution in [3.05, 3.63) is 181 Å². The SMILES string of the molecule is CC1(C)c2ccccc2-c2ccc(B(c3ccccc3)c3ccc(-c4ccc5c(c4)c4ccccc4n5-c4ccccc4)cc3)cc21. The molecule has 1 heterocycles. The second-order valence-electron chi connectivity index (χ2n) is 13.4. The van der Waals surface area contributed by atoms with Crippen LogP contribution in [0.1, 0.15) is 25.0 Å². The molecule has 1 aromatic heterocycles. The number of hydrogen-bond donors (Lipinski definition) is 0. The predicted octanol–water partition coefficient (Wildman–Crippen LogP) is 9.27. The van der Waals surface area contributed by atoms with Crippen LogP contribution >= 0.6 is 0 Å². The first-order valence-corrected chi connectivity index (χ1v) is 16.6. The maximum absolute atomic E-state index is 2.47. The zero-order valence-electron chi connectivity index (χ0n) is 26.7. The Labute approximate surface area is 276 Å². The largest absolute Gasteiger partial charge is 0.309 e. The van der Waals surface area contributed by atoms with E-state index < -0.39 is 0 Å². The molecule has 8 aromatic rings. The molecule has 9 rings (SSSR count). The molecule has 0 bridgehead atoms. The molecule has 0 saturated heterocycles. The molecule has 1 nitrogen and oxygen atoms in total. The smallest absolute Gasteiger partial charge is 0.241 e. The molecule has 47 heavy (non-hydrogen) atoms. The quantitative estimate of drug-likeness (QED) is 0.174. The molecule has 0 atom stereocenters. The summed E-state index contributed by atoms with van der Waals surface area (Å²) in [6, 6.07) is 62.6. The molecular formula is C45H34BN. The molecule has 2 heteroatoms. The molecule has 1 aliphatic carbocycles. The Morgan fingerprint density at radius 1 is 0.426 bits per heavy atom. The van der Waals surface area contributed by atoms with Crippen LogP contribution in [0.25, 0.3) is 49.7 Å². The van der Waals surface area contributed by atoms with Gasteiger partial charge in [0.1, 0.15) is 0 Å². The summed E-state index contributed by atoms with van der Waals surface area (Å²) in [7, 11) is 0. The summed E-state index contributed by atoms with van der Waals surface area (Å²) in [6.45, 7) is 4.87. The highest BCUT2D eigenvalue weighted by molar-refractivity contribution is 6.95. The number of hydrogen-bond acceptors (Lipinski definition) is 0. The minimum absolute atomic E-state index is 0.0324. The number of nitrogens with zero attached hydrogens (tertiary/aromatic N) is 1. The highest BCUT2D eigenvalue weighted by atomic mass is 15.0. The maximum atomic E-state index is 2.47. The van der Waals surface area contributed by atoms with Crippen LogP contribution in [0.15, 0.2) is 170 Å². The van der Waals surface area contributed by atoms with Crippen LogP contribution < -0.4 is 16.4 Å². The zero-order valence-corrected chi connectivity index (χ0v) is 26.7. The van der Waals surface area contributed by atoms with Crippen molar-refractivity contribution in [2.24, 2.45) is 0 Å². The van der Waals surface area contributed by atoms with Gasteiger partial charge >= 0.3 is 0 Å². The van der Waals surface area contributed by atoms with Gasteiger partial charge in [0.05, 0.1) is 11.0 Å². The van der Waals surface area contributed by atoms with E-state index in [0.29, 0.717) is 0 Å². The maximum Gasteiger partial charge on any atom is 0.241 e. The topological polar surface area (TPSA) is 4.93 Å². The molecular weight excluding hydrogens is 565 g/mol. The molecule has 0 amide bonds. The predicted molar refractivity (Wildman–Crippen MR) is 201 cm³/mol. The van der Waals surface area contributed by atoms with Crippen LogP contribution in [0.4, 0.5) is 0 Å². The summed E-state index contributed by atoms with van der Waals surface area (Å²) >= 11 is 0. The van der Waals surface area contributed by atoms with Crippen LogP contribution in [-0.2, 0) is 5.41 Å². The molecule has 0 aliphatic heterocycles. The molecule has 0 radical (unpaired) electrons. The highest BCUT2D eigenvalue weighted by Gasteiger charge is 2.36. The summed E-state index contributed by atoms with van der Waals surface area (Å²) in [6.07, 6.45) is 0. The monoisotopic (exact) mass is 599 g/mol. The third-order valence-corrected chi connectivity index (χ3v) is 10.3. The van der Waals surface area contributed by atoms with Gasteiger partial charge in [-0.05, 0) is 63.7 Å². The van der Waals surface area contributed by atoms with Crippen molar-refractivity contribution in [3.8, 4) is 27.9 Å². The Morgan fingerprint density at radius 2 is 1.02 bits per heavy atom. The number of para-hydroxylation sites is 2. The van der Waals surface area contributed by atoms with E-state index in [9.17, 15) is 0 Å². The van der Waals surface area contributed by atoms with E-state index in [4.69, 9.17) is 0 Å². The van der Waals surface area contributed by atoms with Gasteiger partial charge in [0.25, 0.3) is 0 Å². The zero-order chi connectivity index (χ0) is 31.5. The Balaban J connectivity index is 1.13. The van der Waals surface area contributed by atoms with E-state index >= 15 is 0 Å². The van der Waals surface area contributed by atoms with Gasteiger partial charge < -0.3 is 4.57 Å². The van der Waals surface area contributed by atoms with Gasteiger partial charge in [-0.25, -0.2) is 0 Å². The Bertz CT molecular complexity index is 2420. The van der Waals surface area contributed by atoms with Crippen molar-refractivity contribution in [1.82, 2.24) is 4.57 Å². The lowest BCUT2D eigenvalue weighted by Gasteiger charge is -2.23. The molecule has 1 aliphatic rings. The first-order chi connectivity index (χ1) is 23.1. The summed E-state index contributed by atoms with van der Waals surface area (Å²) in [4.78, 5) is 0. The van der Waals surface area contributed by atoms with Gasteiger partial charge in [0, 0.05) is 21.9 Å². The lowest BCUT2D eigenvalue weighted by atomic mass is 9.36. The van der Waals surface area contributed by atoms with E-state index in [-0.39, 0.29) is 12.1 Å². The van der Waals surface area contributed by atoms with Gasteiger partial charge in [-0.1, -0.05) is 170 Å². The average Bonchev–Trinajstić information content (AvgIpc) is 3.58. The van der Waals surface area contributed by atoms with Crippen molar-refractivity contribution in [3.63, 3.8) is 0 Å². The van der Waals surface area contributed by atoms with Gasteiger partial charge in [0.2, 0.25) is 6.71 Å². The van der Waals surface area contributed by atoms with Crippen molar-refractivity contribution < 1.29 is 0 Å². The van der Waals surface area contributed by atoms with Gasteiger partial charge in [-0.3, -0.25) is 0 Å². The average molecular weight is 600 g/mol. The Kier molecular flexibility index (Phi) is 6.33. The van der Waals surface area contributed by atoms with Crippen LogP contribution in [0, 0.1) is 0 Å². The molecule has 0 fully saturated rings. The van der Waals surface area contributed by atoms with Gasteiger partial charge in [0.15, 0.2) is 0 Å². The fourth-order valence-corrected chi connectivity index (χ4v) is 8.00. The van der Waals surface area contributed by atoms with E-state index in [2.05, 4.69) is 188 Å². The number of benzene rings is 7. The van der Waals surface area contributed by atoms with Crippen molar-refractivity contribution in [2.45, 2.75) is 19.3 Å². The van der Waals surface area contributed by atoms with Crippen molar-refractivity contribution in [1.29, 1.82) is 0 Å². The Morgan fingerprint density at radius 3 is 1.83 bits per heavy atom. The number of fused-ring (bicyclic) bond motifs is 6. The van der Waals surface area contributed by atoms with E-state index in [1.807, 2.05) is 0 Å². The van der Waals surface area contributed by atoms with Crippen LogP contribution in [0.5, 0.6) is 0 Å². The second-order valence-corrected chi connectivity index (χ2v) is 13.4. The van der Waals surface area contributed by atoms with E-state index in [0.717, 1.165) is 0 Å². The van der Waals surface area contributed by atoms with Crippen molar-refractivity contribution >= 4 is 44.9 Å². The second kappa shape index (κ2) is 10.7. The van der Waals surface area contributed by atoms with Crippen molar-refractivity contribution in [2.75, 3.05) is 0 Å². The molecule has 0 spiro atoms. The van der Waals surface area contributed by atoms with Crippen LogP contribution in [0.3, 0.4) is 0 Å². The fourth-order valence-electron chi connectivity index (χ4n) is 8.00. The summed E-state index contributed by atoms with van der Waals surface area (Å²) < 4.78 is 2.37. The lowest BCUT2D eigenvalue weighted by molar-refractivity contribution is 0.661. The molecule has 0 saturated carbocycles. The summed E-state index contributed by atoms with van der Waals surface area (Å²) in [5.41, 5.74) is 15.6. The lowest BCUT2D eigenvalue weighted by Crippen LogP contribution is -2.52.